The van der Waals surface area contributed by atoms with Crippen LogP contribution in [0.1, 0.15) is 15.9 Å². The third-order valence-electron chi connectivity index (χ3n) is 2.80. The molecule has 116 valence electrons. The first kappa shape index (κ1) is 17.0. The predicted octanol–water partition coefficient (Wildman–Crippen LogP) is 3.77. The van der Waals surface area contributed by atoms with E-state index in [1.54, 1.807) is 36.4 Å². The zero-order valence-corrected chi connectivity index (χ0v) is 14.0. The van der Waals surface area contributed by atoms with Crippen molar-refractivity contribution in [3.8, 4) is 6.07 Å². The molecular formula is C16H10BrClN2O3. The van der Waals surface area contributed by atoms with Crippen molar-refractivity contribution in [2.75, 3.05) is 11.9 Å². The Hall–Kier alpha value is -2.36. The lowest BCUT2D eigenvalue weighted by molar-refractivity contribution is -0.119. The van der Waals surface area contributed by atoms with Crippen molar-refractivity contribution in [2.45, 2.75) is 0 Å². The van der Waals surface area contributed by atoms with Crippen LogP contribution in [-0.2, 0) is 9.53 Å². The van der Waals surface area contributed by atoms with Crippen LogP contribution in [0.2, 0.25) is 5.02 Å². The summed E-state index contributed by atoms with van der Waals surface area (Å²) in [5, 5.41) is 11.7. The van der Waals surface area contributed by atoms with Gasteiger partial charge in [0.2, 0.25) is 0 Å². The van der Waals surface area contributed by atoms with E-state index in [2.05, 4.69) is 21.2 Å². The van der Waals surface area contributed by atoms with Gasteiger partial charge in [0, 0.05) is 4.47 Å². The van der Waals surface area contributed by atoms with Crippen molar-refractivity contribution >= 4 is 45.1 Å². The summed E-state index contributed by atoms with van der Waals surface area (Å²) < 4.78 is 5.60. The van der Waals surface area contributed by atoms with E-state index in [-0.39, 0.29) is 10.6 Å². The van der Waals surface area contributed by atoms with Gasteiger partial charge in [-0.25, -0.2) is 4.79 Å². The summed E-state index contributed by atoms with van der Waals surface area (Å²) in [5.41, 5.74) is 0.838. The Kier molecular flexibility index (Phi) is 5.74. The minimum atomic E-state index is -0.708. The number of nitriles is 1. The van der Waals surface area contributed by atoms with E-state index in [1.165, 1.54) is 6.07 Å². The first-order chi connectivity index (χ1) is 11.0. The van der Waals surface area contributed by atoms with Gasteiger partial charge in [0.05, 0.1) is 21.8 Å². The number of anilines is 1. The van der Waals surface area contributed by atoms with Gasteiger partial charge < -0.3 is 10.1 Å². The fourth-order valence-electron chi connectivity index (χ4n) is 1.74. The summed E-state index contributed by atoms with van der Waals surface area (Å²) in [7, 11) is 0. The average molecular weight is 394 g/mol. The molecule has 0 unspecified atom stereocenters. The highest BCUT2D eigenvalue weighted by molar-refractivity contribution is 9.10. The van der Waals surface area contributed by atoms with Crippen LogP contribution >= 0.6 is 27.5 Å². The average Bonchev–Trinajstić information content (AvgIpc) is 2.55. The quantitative estimate of drug-likeness (QED) is 0.802. The van der Waals surface area contributed by atoms with Crippen molar-refractivity contribution in [2.24, 2.45) is 0 Å². The van der Waals surface area contributed by atoms with Crippen LogP contribution in [-0.4, -0.2) is 18.5 Å². The largest absolute Gasteiger partial charge is 0.452 e. The number of carbonyl (C=O) groups is 2. The Labute approximate surface area is 145 Å². The Balaban J connectivity index is 1.98. The second-order valence-electron chi connectivity index (χ2n) is 4.41. The predicted molar refractivity (Wildman–Crippen MR) is 89.2 cm³/mol. The van der Waals surface area contributed by atoms with Gasteiger partial charge in [-0.1, -0.05) is 39.7 Å². The monoisotopic (exact) mass is 392 g/mol. The smallest absolute Gasteiger partial charge is 0.340 e. The van der Waals surface area contributed by atoms with Gasteiger partial charge in [-0.3, -0.25) is 4.79 Å². The van der Waals surface area contributed by atoms with Crippen LogP contribution in [0, 0.1) is 11.3 Å². The topological polar surface area (TPSA) is 79.2 Å². The fraction of sp³-hybridized carbons (Fsp3) is 0.0625. The number of ether oxygens (including phenoxy) is 1. The maximum absolute atomic E-state index is 11.9. The standard InChI is InChI=1S/C16H10BrClN2O3/c17-11-5-6-13(18)12(7-11)16(22)23-9-15(21)20-14-4-2-1-3-10(14)8-19/h1-7H,9H2,(H,20,21). The lowest BCUT2D eigenvalue weighted by Gasteiger charge is -2.08. The zero-order chi connectivity index (χ0) is 16.8. The number of nitrogens with one attached hydrogen (secondary N) is 1. The van der Waals surface area contributed by atoms with Gasteiger partial charge in [-0.05, 0) is 30.3 Å². The molecule has 0 spiro atoms. The summed E-state index contributed by atoms with van der Waals surface area (Å²) >= 11 is 9.15. The molecule has 0 heterocycles. The van der Waals surface area contributed by atoms with Gasteiger partial charge in [0.25, 0.3) is 5.91 Å². The van der Waals surface area contributed by atoms with E-state index in [1.807, 2.05) is 6.07 Å². The molecule has 0 saturated heterocycles. The number of hydrogen-bond acceptors (Lipinski definition) is 4. The van der Waals surface area contributed by atoms with Crippen molar-refractivity contribution in [3.63, 3.8) is 0 Å². The number of halogens is 2. The number of nitrogens with zero attached hydrogens (tertiary/aromatic N) is 1. The number of benzene rings is 2. The van der Waals surface area contributed by atoms with E-state index < -0.39 is 18.5 Å². The number of hydrogen-bond donors (Lipinski definition) is 1. The Morgan fingerprint density at radius 1 is 1.26 bits per heavy atom. The Bertz CT molecular complexity index is 802. The number of amides is 1. The van der Waals surface area contributed by atoms with Gasteiger partial charge in [-0.15, -0.1) is 0 Å². The van der Waals surface area contributed by atoms with E-state index in [0.29, 0.717) is 15.7 Å². The molecule has 0 fully saturated rings. The van der Waals surface area contributed by atoms with Crippen LogP contribution in [0.4, 0.5) is 5.69 Å². The van der Waals surface area contributed by atoms with Crippen LogP contribution < -0.4 is 5.32 Å². The number of para-hydroxylation sites is 1. The molecule has 0 aliphatic heterocycles. The lowest BCUT2D eigenvalue weighted by Crippen LogP contribution is -2.21. The van der Waals surface area contributed by atoms with Crippen molar-refractivity contribution in [3.05, 3.63) is 63.1 Å². The molecule has 2 rings (SSSR count). The summed E-state index contributed by atoms with van der Waals surface area (Å²) in [5.74, 6) is -1.26. The molecule has 0 bridgehead atoms. The van der Waals surface area contributed by atoms with Crippen molar-refractivity contribution in [1.29, 1.82) is 5.26 Å². The molecule has 0 saturated carbocycles. The fourth-order valence-corrected chi connectivity index (χ4v) is 2.29. The molecule has 2 aromatic rings. The first-order valence-corrected chi connectivity index (χ1v) is 7.59. The first-order valence-electron chi connectivity index (χ1n) is 6.42. The van der Waals surface area contributed by atoms with E-state index in [4.69, 9.17) is 21.6 Å². The molecule has 0 radical (unpaired) electrons. The summed E-state index contributed by atoms with van der Waals surface area (Å²) in [6.45, 7) is -0.485. The zero-order valence-electron chi connectivity index (χ0n) is 11.7. The van der Waals surface area contributed by atoms with Crippen molar-refractivity contribution < 1.29 is 14.3 Å². The molecule has 0 aliphatic carbocycles. The molecule has 0 aliphatic rings. The minimum absolute atomic E-state index is 0.159. The van der Waals surface area contributed by atoms with Crippen molar-refractivity contribution in [1.82, 2.24) is 0 Å². The molecule has 7 heteroatoms. The SMILES string of the molecule is N#Cc1ccccc1NC(=O)COC(=O)c1cc(Br)ccc1Cl. The molecule has 23 heavy (non-hydrogen) atoms. The van der Waals surface area contributed by atoms with Gasteiger partial charge >= 0.3 is 5.97 Å². The van der Waals surface area contributed by atoms with Crippen LogP contribution in [0.3, 0.4) is 0 Å². The highest BCUT2D eigenvalue weighted by Gasteiger charge is 2.15. The van der Waals surface area contributed by atoms with Crippen LogP contribution in [0.5, 0.6) is 0 Å². The van der Waals surface area contributed by atoms with E-state index in [0.717, 1.165) is 0 Å². The highest BCUT2D eigenvalue weighted by Crippen LogP contribution is 2.21. The van der Waals surface area contributed by atoms with Gasteiger partial charge in [-0.2, -0.15) is 5.26 Å². The second kappa shape index (κ2) is 7.77. The van der Waals surface area contributed by atoms with Crippen LogP contribution in [0.25, 0.3) is 0 Å². The molecule has 5 nitrogen and oxygen atoms in total. The molecule has 1 N–H and O–H groups in total. The maximum atomic E-state index is 11.9. The molecule has 0 atom stereocenters. The number of rotatable bonds is 4. The summed E-state index contributed by atoms with van der Waals surface area (Å²) in [6.07, 6.45) is 0. The number of carbonyl (C=O) groups excluding carboxylic acids is 2. The summed E-state index contributed by atoms with van der Waals surface area (Å²) in [4.78, 5) is 23.8. The Morgan fingerprint density at radius 2 is 2.00 bits per heavy atom. The Morgan fingerprint density at radius 3 is 2.74 bits per heavy atom. The van der Waals surface area contributed by atoms with E-state index >= 15 is 0 Å². The normalized spacial score (nSPS) is 9.78. The highest BCUT2D eigenvalue weighted by atomic mass is 79.9. The number of esters is 1. The third-order valence-corrected chi connectivity index (χ3v) is 3.63. The second-order valence-corrected chi connectivity index (χ2v) is 5.73. The van der Waals surface area contributed by atoms with Crippen LogP contribution in [0.15, 0.2) is 46.9 Å². The molecule has 0 aromatic heterocycles. The minimum Gasteiger partial charge on any atom is -0.452 e. The molecule has 1 amide bonds. The van der Waals surface area contributed by atoms with Gasteiger partial charge in [0.15, 0.2) is 6.61 Å². The molecular weight excluding hydrogens is 384 g/mol. The molecule has 2 aromatic carbocycles. The summed E-state index contributed by atoms with van der Waals surface area (Å²) in [6, 6.07) is 13.2. The lowest BCUT2D eigenvalue weighted by atomic mass is 10.2. The van der Waals surface area contributed by atoms with E-state index in [9.17, 15) is 9.59 Å². The van der Waals surface area contributed by atoms with Gasteiger partial charge in [0.1, 0.15) is 6.07 Å². The third kappa shape index (κ3) is 4.55. The maximum Gasteiger partial charge on any atom is 0.340 e.